The van der Waals surface area contributed by atoms with E-state index in [1.165, 1.54) is 6.07 Å². The Balaban J connectivity index is 1.54. The van der Waals surface area contributed by atoms with Crippen LogP contribution in [0.25, 0.3) is 21.5 Å². The molecule has 5 rings (SSSR count). The molecule has 0 fully saturated rings. The van der Waals surface area contributed by atoms with Gasteiger partial charge in [-0.2, -0.15) is 13.2 Å². The lowest BCUT2D eigenvalue weighted by molar-refractivity contribution is -0.138. The van der Waals surface area contributed by atoms with Crippen molar-refractivity contribution in [1.82, 2.24) is 0 Å². The monoisotopic (exact) mass is 445 g/mol. The molecule has 0 atom stereocenters. The van der Waals surface area contributed by atoms with E-state index in [1.54, 1.807) is 30.3 Å². The average Bonchev–Trinajstić information content (AvgIpc) is 2.80. The highest BCUT2D eigenvalue weighted by Gasteiger charge is 2.36. The first-order valence-corrected chi connectivity index (χ1v) is 10.2. The summed E-state index contributed by atoms with van der Waals surface area (Å²) in [6.45, 7) is 0. The van der Waals surface area contributed by atoms with E-state index in [1.807, 2.05) is 54.6 Å². The highest BCUT2D eigenvalue weighted by atomic mass is 19.4. The first-order valence-electron chi connectivity index (χ1n) is 10.2. The van der Waals surface area contributed by atoms with Gasteiger partial charge in [-0.3, -0.25) is 0 Å². The fourth-order valence-corrected chi connectivity index (χ4v) is 3.69. The Morgan fingerprint density at radius 1 is 0.545 bits per heavy atom. The summed E-state index contributed by atoms with van der Waals surface area (Å²) < 4.78 is 52.8. The molecule has 0 aliphatic carbocycles. The zero-order chi connectivity index (χ0) is 23.0. The van der Waals surface area contributed by atoms with Crippen molar-refractivity contribution in [3.8, 4) is 23.0 Å². The molecule has 164 valence electrons. The molecule has 0 unspecified atom stereocenters. The maximum atomic E-state index is 13.7. The molecule has 5 aromatic carbocycles. The molecule has 5 aromatic rings. The smallest absolute Gasteiger partial charge is 0.420 e. The van der Waals surface area contributed by atoms with Crippen molar-refractivity contribution in [2.75, 3.05) is 5.73 Å². The number of ether oxygens (including phenoxy) is 2. The number of fused-ring (bicyclic) bond motifs is 2. The summed E-state index contributed by atoms with van der Waals surface area (Å²) in [5.41, 5.74) is 4.82. The van der Waals surface area contributed by atoms with Gasteiger partial charge in [0.25, 0.3) is 0 Å². The third-order valence-electron chi connectivity index (χ3n) is 5.31. The number of halogens is 3. The lowest BCUT2D eigenvalue weighted by Gasteiger charge is -2.17. The van der Waals surface area contributed by atoms with Gasteiger partial charge in [0.1, 0.15) is 22.8 Å². The van der Waals surface area contributed by atoms with Gasteiger partial charge in [-0.25, -0.2) is 0 Å². The van der Waals surface area contributed by atoms with Crippen LogP contribution in [0.15, 0.2) is 97.1 Å². The first-order chi connectivity index (χ1) is 15.9. The largest absolute Gasteiger partial charge is 0.457 e. The van der Waals surface area contributed by atoms with Gasteiger partial charge in [-0.05, 0) is 51.9 Å². The molecule has 0 saturated heterocycles. The summed E-state index contributed by atoms with van der Waals surface area (Å²) in [7, 11) is 0. The zero-order valence-corrected chi connectivity index (χ0v) is 17.3. The number of nitrogens with two attached hydrogens (primary N) is 1. The van der Waals surface area contributed by atoms with Crippen molar-refractivity contribution in [2.45, 2.75) is 6.18 Å². The topological polar surface area (TPSA) is 44.5 Å². The molecule has 0 heterocycles. The van der Waals surface area contributed by atoms with E-state index < -0.39 is 11.7 Å². The summed E-state index contributed by atoms with van der Waals surface area (Å²) >= 11 is 0. The number of hydrogen-bond acceptors (Lipinski definition) is 3. The maximum Gasteiger partial charge on any atom is 0.420 e. The number of anilines is 1. The van der Waals surface area contributed by atoms with Gasteiger partial charge in [0.2, 0.25) is 0 Å². The highest BCUT2D eigenvalue weighted by Crippen LogP contribution is 2.44. The van der Waals surface area contributed by atoms with Crippen LogP contribution in [0.1, 0.15) is 5.56 Å². The standard InChI is InChI=1S/C27H18F3NO2/c28-27(29,30)23-15-24(31)26(33-22-12-10-18-6-2-4-8-20(18)14-22)16-25(23)32-21-11-9-17-5-1-3-7-19(17)13-21/h1-16H,31H2. The van der Waals surface area contributed by atoms with Crippen molar-refractivity contribution in [3.63, 3.8) is 0 Å². The molecule has 0 aromatic heterocycles. The predicted molar refractivity (Wildman–Crippen MR) is 124 cm³/mol. The number of benzene rings is 5. The summed E-state index contributed by atoms with van der Waals surface area (Å²) in [5.74, 6) is 0.425. The van der Waals surface area contributed by atoms with Crippen LogP contribution in [0.3, 0.4) is 0 Å². The van der Waals surface area contributed by atoms with Gasteiger partial charge in [-0.15, -0.1) is 0 Å². The quantitative estimate of drug-likeness (QED) is 0.284. The van der Waals surface area contributed by atoms with E-state index in [0.717, 1.165) is 27.6 Å². The lowest BCUT2D eigenvalue weighted by atomic mass is 10.1. The number of alkyl halides is 3. The Hall–Kier alpha value is -4.19. The molecular weight excluding hydrogens is 427 g/mol. The number of rotatable bonds is 4. The Morgan fingerprint density at radius 3 is 1.55 bits per heavy atom. The molecule has 33 heavy (non-hydrogen) atoms. The van der Waals surface area contributed by atoms with E-state index >= 15 is 0 Å². The van der Waals surface area contributed by atoms with Crippen molar-refractivity contribution in [3.05, 3.63) is 103 Å². The predicted octanol–water partition coefficient (Wildman–Crippen LogP) is 8.18. The van der Waals surface area contributed by atoms with Crippen LogP contribution >= 0.6 is 0 Å². The molecule has 0 amide bonds. The van der Waals surface area contributed by atoms with Gasteiger partial charge >= 0.3 is 6.18 Å². The summed E-state index contributed by atoms with van der Waals surface area (Å²) in [4.78, 5) is 0. The van der Waals surface area contributed by atoms with Crippen molar-refractivity contribution >= 4 is 27.2 Å². The molecule has 2 N–H and O–H groups in total. The normalized spacial score (nSPS) is 11.6. The molecule has 0 bridgehead atoms. The van der Waals surface area contributed by atoms with Crippen LogP contribution in [0, 0.1) is 0 Å². The van der Waals surface area contributed by atoms with E-state index in [4.69, 9.17) is 15.2 Å². The van der Waals surface area contributed by atoms with E-state index in [0.29, 0.717) is 5.75 Å². The SMILES string of the molecule is Nc1cc(C(F)(F)F)c(Oc2ccc3ccccc3c2)cc1Oc1ccc2ccccc2c1. The van der Waals surface area contributed by atoms with E-state index in [2.05, 4.69) is 0 Å². The third kappa shape index (κ3) is 4.28. The minimum Gasteiger partial charge on any atom is -0.457 e. The molecule has 0 saturated carbocycles. The van der Waals surface area contributed by atoms with Gasteiger partial charge in [0.15, 0.2) is 5.75 Å². The van der Waals surface area contributed by atoms with E-state index in [9.17, 15) is 13.2 Å². The minimum atomic E-state index is -4.65. The van der Waals surface area contributed by atoms with Crippen LogP contribution in [0.5, 0.6) is 23.0 Å². The van der Waals surface area contributed by atoms with Crippen LogP contribution in [0.2, 0.25) is 0 Å². The second-order valence-corrected chi connectivity index (χ2v) is 7.61. The fraction of sp³-hybridized carbons (Fsp3) is 0.0370. The van der Waals surface area contributed by atoms with Crippen LogP contribution in [-0.2, 0) is 6.18 Å². The van der Waals surface area contributed by atoms with Crippen LogP contribution in [-0.4, -0.2) is 0 Å². The van der Waals surface area contributed by atoms with Gasteiger partial charge in [0.05, 0.1) is 5.69 Å². The second kappa shape index (κ2) is 8.06. The highest BCUT2D eigenvalue weighted by molar-refractivity contribution is 5.84. The van der Waals surface area contributed by atoms with E-state index in [-0.39, 0.29) is 22.9 Å². The van der Waals surface area contributed by atoms with Gasteiger partial charge < -0.3 is 15.2 Å². The number of nitrogen functional groups attached to an aromatic ring is 1. The first kappa shape index (κ1) is 20.7. The Labute approximate surface area is 187 Å². The maximum absolute atomic E-state index is 13.7. The average molecular weight is 445 g/mol. The lowest BCUT2D eigenvalue weighted by Crippen LogP contribution is -2.09. The molecule has 0 spiro atoms. The van der Waals surface area contributed by atoms with Crippen LogP contribution < -0.4 is 15.2 Å². The molecule has 0 aliphatic rings. The zero-order valence-electron chi connectivity index (χ0n) is 17.3. The summed E-state index contributed by atoms with van der Waals surface area (Å²) in [6, 6.07) is 27.8. The second-order valence-electron chi connectivity index (χ2n) is 7.61. The van der Waals surface area contributed by atoms with Gasteiger partial charge in [-0.1, -0.05) is 60.7 Å². The fourth-order valence-electron chi connectivity index (χ4n) is 3.69. The third-order valence-corrected chi connectivity index (χ3v) is 5.31. The number of hydrogen-bond donors (Lipinski definition) is 1. The van der Waals surface area contributed by atoms with Crippen molar-refractivity contribution < 1.29 is 22.6 Å². The molecule has 3 nitrogen and oxygen atoms in total. The Bertz CT molecular complexity index is 1480. The van der Waals surface area contributed by atoms with Gasteiger partial charge in [0, 0.05) is 6.07 Å². The minimum absolute atomic E-state index is 0.0778. The molecular formula is C27H18F3NO2. The molecule has 0 aliphatic heterocycles. The van der Waals surface area contributed by atoms with Crippen molar-refractivity contribution in [1.29, 1.82) is 0 Å². The molecule has 6 heteroatoms. The molecule has 0 radical (unpaired) electrons. The van der Waals surface area contributed by atoms with Crippen LogP contribution in [0.4, 0.5) is 18.9 Å². The van der Waals surface area contributed by atoms with Crippen molar-refractivity contribution in [2.24, 2.45) is 0 Å². The Kier molecular flexibility index (Phi) is 5.05. The summed E-state index contributed by atoms with van der Waals surface area (Å²) in [5, 5.41) is 3.77. The summed E-state index contributed by atoms with van der Waals surface area (Å²) in [6.07, 6.45) is -4.65. The Morgan fingerprint density at radius 2 is 1.03 bits per heavy atom.